The minimum absolute atomic E-state index is 0.163. The first-order valence-corrected chi connectivity index (χ1v) is 9.86. The van der Waals surface area contributed by atoms with Crippen molar-refractivity contribution in [3.05, 3.63) is 29.8 Å². The van der Waals surface area contributed by atoms with Gasteiger partial charge in [0.05, 0.1) is 18.8 Å². The van der Waals surface area contributed by atoms with Gasteiger partial charge < -0.3 is 18.8 Å². The Kier molecular flexibility index (Phi) is 5.14. The molecule has 3 aliphatic rings. The Balaban J connectivity index is 1.45. The molecule has 1 aromatic rings. The standard InChI is InChI=1S/C20H30BNO4/c1-16-14-19(2,3)26-21(25-16)18-7-5-4-6-17(18)15-22-10-8-20(9-11-22)23-12-13-24-20/h4-7,16H,8-15H2,1-3H3. The topological polar surface area (TPSA) is 40.2 Å². The molecule has 0 radical (unpaired) electrons. The molecule has 0 aliphatic carbocycles. The zero-order chi connectivity index (χ0) is 18.2. The van der Waals surface area contributed by atoms with Gasteiger partial charge >= 0.3 is 7.12 Å². The van der Waals surface area contributed by atoms with Crippen molar-refractivity contribution in [2.45, 2.75) is 64.1 Å². The van der Waals surface area contributed by atoms with Crippen LogP contribution in [0.2, 0.25) is 0 Å². The summed E-state index contributed by atoms with van der Waals surface area (Å²) in [6.07, 6.45) is 2.99. The molecule has 0 bridgehead atoms. The molecule has 26 heavy (non-hydrogen) atoms. The first-order valence-electron chi connectivity index (χ1n) is 9.86. The third-order valence-electron chi connectivity index (χ3n) is 5.70. The van der Waals surface area contributed by atoms with Crippen molar-refractivity contribution >= 4 is 12.6 Å². The van der Waals surface area contributed by atoms with Crippen LogP contribution in [0, 0.1) is 0 Å². The summed E-state index contributed by atoms with van der Waals surface area (Å²) >= 11 is 0. The van der Waals surface area contributed by atoms with Crippen molar-refractivity contribution in [1.82, 2.24) is 4.90 Å². The quantitative estimate of drug-likeness (QED) is 0.775. The maximum Gasteiger partial charge on any atom is 0.494 e. The van der Waals surface area contributed by atoms with Crippen molar-refractivity contribution in [1.29, 1.82) is 0 Å². The average molecular weight is 359 g/mol. The molecule has 4 rings (SSSR count). The lowest BCUT2D eigenvalue weighted by Gasteiger charge is -2.40. The third kappa shape index (κ3) is 4.00. The average Bonchev–Trinajstić information content (AvgIpc) is 3.04. The highest BCUT2D eigenvalue weighted by atomic mass is 16.7. The molecule has 0 N–H and O–H groups in total. The van der Waals surface area contributed by atoms with Gasteiger partial charge in [0.25, 0.3) is 0 Å². The van der Waals surface area contributed by atoms with Crippen LogP contribution in [0.4, 0.5) is 0 Å². The van der Waals surface area contributed by atoms with Crippen molar-refractivity contribution < 1.29 is 18.8 Å². The zero-order valence-electron chi connectivity index (χ0n) is 16.2. The molecule has 3 heterocycles. The van der Waals surface area contributed by atoms with E-state index >= 15 is 0 Å². The molecule has 3 aliphatic heterocycles. The van der Waals surface area contributed by atoms with E-state index in [4.69, 9.17) is 18.8 Å². The third-order valence-corrected chi connectivity index (χ3v) is 5.70. The van der Waals surface area contributed by atoms with E-state index in [2.05, 4.69) is 49.9 Å². The number of hydrogen-bond donors (Lipinski definition) is 0. The summed E-state index contributed by atoms with van der Waals surface area (Å²) in [6, 6.07) is 8.51. The molecular formula is C20H30BNO4. The summed E-state index contributed by atoms with van der Waals surface area (Å²) in [5.74, 6) is -0.314. The van der Waals surface area contributed by atoms with Crippen molar-refractivity contribution in [3.8, 4) is 0 Å². The molecule has 0 saturated carbocycles. The summed E-state index contributed by atoms with van der Waals surface area (Å²) in [6.45, 7) is 10.8. The molecule has 1 unspecified atom stereocenters. The van der Waals surface area contributed by atoms with Crippen LogP contribution in [0.25, 0.3) is 0 Å². The van der Waals surface area contributed by atoms with Crippen LogP contribution in [-0.2, 0) is 25.3 Å². The Morgan fingerprint density at radius 1 is 1.12 bits per heavy atom. The van der Waals surface area contributed by atoms with Crippen LogP contribution in [0.15, 0.2) is 24.3 Å². The second kappa shape index (κ2) is 7.25. The van der Waals surface area contributed by atoms with Gasteiger partial charge in [-0.25, -0.2) is 0 Å². The molecule has 1 aromatic carbocycles. The van der Waals surface area contributed by atoms with Crippen LogP contribution in [0.1, 0.15) is 45.6 Å². The predicted molar refractivity (Wildman–Crippen MR) is 101 cm³/mol. The highest BCUT2D eigenvalue weighted by Gasteiger charge is 2.41. The van der Waals surface area contributed by atoms with E-state index in [1.807, 2.05) is 0 Å². The van der Waals surface area contributed by atoms with E-state index in [0.717, 1.165) is 57.6 Å². The lowest BCUT2D eigenvalue weighted by molar-refractivity contribution is -0.185. The van der Waals surface area contributed by atoms with Gasteiger partial charge in [-0.2, -0.15) is 0 Å². The largest absolute Gasteiger partial charge is 0.494 e. The molecule has 142 valence electrons. The van der Waals surface area contributed by atoms with Crippen LogP contribution in [0.3, 0.4) is 0 Å². The normalized spacial score (nSPS) is 28.6. The van der Waals surface area contributed by atoms with Gasteiger partial charge in [0.2, 0.25) is 0 Å². The molecule has 5 nitrogen and oxygen atoms in total. The molecule has 0 amide bonds. The Morgan fingerprint density at radius 3 is 2.50 bits per heavy atom. The number of piperidine rings is 1. The van der Waals surface area contributed by atoms with E-state index in [0.29, 0.717) is 0 Å². The monoisotopic (exact) mass is 359 g/mol. The fourth-order valence-corrected chi connectivity index (χ4v) is 4.44. The SMILES string of the molecule is CC1CC(C)(C)OB(c2ccccc2CN2CCC3(CC2)OCCO3)O1. The van der Waals surface area contributed by atoms with E-state index < -0.39 is 0 Å². The van der Waals surface area contributed by atoms with Gasteiger partial charge in [-0.05, 0) is 38.2 Å². The van der Waals surface area contributed by atoms with Gasteiger partial charge in [0, 0.05) is 38.6 Å². The second-order valence-corrected chi connectivity index (χ2v) is 8.44. The summed E-state index contributed by atoms with van der Waals surface area (Å²) in [4.78, 5) is 2.48. The molecule has 6 heteroatoms. The van der Waals surface area contributed by atoms with Crippen LogP contribution < -0.4 is 5.46 Å². The highest BCUT2D eigenvalue weighted by molar-refractivity contribution is 6.62. The Hall–Kier alpha value is -0.915. The van der Waals surface area contributed by atoms with Gasteiger partial charge in [-0.3, -0.25) is 4.90 Å². The molecule has 0 aromatic heterocycles. The molecule has 1 atom stereocenters. The first kappa shape index (κ1) is 18.4. The summed E-state index contributed by atoms with van der Waals surface area (Å²) in [5, 5.41) is 0. The molecule has 3 fully saturated rings. The predicted octanol–water partition coefficient (Wildman–Crippen LogP) is 2.32. The lowest BCUT2D eigenvalue weighted by Crippen LogP contribution is -2.53. The summed E-state index contributed by atoms with van der Waals surface area (Å²) in [5.41, 5.74) is 2.27. The van der Waals surface area contributed by atoms with Gasteiger partial charge in [-0.15, -0.1) is 0 Å². The van der Waals surface area contributed by atoms with Gasteiger partial charge in [0.15, 0.2) is 5.79 Å². The van der Waals surface area contributed by atoms with Crippen LogP contribution in [0.5, 0.6) is 0 Å². The minimum Gasteiger partial charge on any atom is -0.405 e. The lowest BCUT2D eigenvalue weighted by atomic mass is 9.72. The highest BCUT2D eigenvalue weighted by Crippen LogP contribution is 2.32. The summed E-state index contributed by atoms with van der Waals surface area (Å²) < 4.78 is 24.1. The molecular weight excluding hydrogens is 329 g/mol. The maximum atomic E-state index is 6.26. The number of benzene rings is 1. The Morgan fingerprint density at radius 2 is 1.81 bits per heavy atom. The van der Waals surface area contributed by atoms with Gasteiger partial charge in [-0.1, -0.05) is 24.3 Å². The zero-order valence-corrected chi connectivity index (χ0v) is 16.2. The number of rotatable bonds is 3. The van der Waals surface area contributed by atoms with E-state index in [-0.39, 0.29) is 24.6 Å². The Bertz CT molecular complexity index is 622. The number of nitrogens with zero attached hydrogens (tertiary/aromatic N) is 1. The number of ether oxygens (including phenoxy) is 2. The first-order chi connectivity index (χ1) is 12.4. The smallest absolute Gasteiger partial charge is 0.405 e. The van der Waals surface area contributed by atoms with Gasteiger partial charge in [0.1, 0.15) is 0 Å². The van der Waals surface area contributed by atoms with E-state index in [1.54, 1.807) is 0 Å². The molecule has 1 spiro atoms. The van der Waals surface area contributed by atoms with Crippen molar-refractivity contribution in [3.63, 3.8) is 0 Å². The number of hydrogen-bond acceptors (Lipinski definition) is 5. The number of likely N-dealkylation sites (tertiary alicyclic amines) is 1. The molecule has 3 saturated heterocycles. The van der Waals surface area contributed by atoms with E-state index in [1.165, 1.54) is 5.56 Å². The van der Waals surface area contributed by atoms with Crippen molar-refractivity contribution in [2.75, 3.05) is 26.3 Å². The summed E-state index contributed by atoms with van der Waals surface area (Å²) in [7, 11) is -0.289. The van der Waals surface area contributed by atoms with Crippen LogP contribution in [-0.4, -0.2) is 55.8 Å². The minimum atomic E-state index is -0.314. The second-order valence-electron chi connectivity index (χ2n) is 8.44. The maximum absolute atomic E-state index is 6.26. The Labute approximate surface area is 157 Å². The van der Waals surface area contributed by atoms with E-state index in [9.17, 15) is 0 Å². The van der Waals surface area contributed by atoms with Crippen molar-refractivity contribution in [2.24, 2.45) is 0 Å². The fraction of sp³-hybridized carbons (Fsp3) is 0.700. The fourth-order valence-electron chi connectivity index (χ4n) is 4.44. The van der Waals surface area contributed by atoms with Crippen LogP contribution >= 0.6 is 0 Å².